The minimum Gasteiger partial charge on any atom is -0.322 e. The molecule has 0 fully saturated rings. The van der Waals surface area contributed by atoms with Crippen LogP contribution in [0.25, 0.3) is 0 Å². The van der Waals surface area contributed by atoms with Gasteiger partial charge in [-0.15, -0.1) is 0 Å². The number of rotatable bonds is 2. The number of carbonyl (C=O) groups is 1. The summed E-state index contributed by atoms with van der Waals surface area (Å²) in [5.74, 6) is -0.442. The van der Waals surface area contributed by atoms with E-state index in [1.54, 1.807) is 18.2 Å². The van der Waals surface area contributed by atoms with Crippen molar-refractivity contribution in [2.45, 2.75) is 6.92 Å². The van der Waals surface area contributed by atoms with Crippen LogP contribution in [0.1, 0.15) is 15.9 Å². The van der Waals surface area contributed by atoms with Gasteiger partial charge in [0.05, 0.1) is 20.6 Å². The highest BCUT2D eigenvalue weighted by molar-refractivity contribution is 6.46. The molecule has 0 aromatic heterocycles. The lowest BCUT2D eigenvalue weighted by atomic mass is 10.2. The Kier molecular flexibility index (Phi) is 4.82. The Morgan fingerprint density at radius 1 is 0.950 bits per heavy atom. The van der Waals surface area contributed by atoms with Crippen molar-refractivity contribution in [3.8, 4) is 0 Å². The van der Waals surface area contributed by atoms with Crippen molar-refractivity contribution in [3.05, 3.63) is 61.5 Å². The molecule has 2 rings (SSSR count). The van der Waals surface area contributed by atoms with Crippen LogP contribution in [0, 0.1) is 6.92 Å². The quantitative estimate of drug-likeness (QED) is 0.676. The molecule has 0 aliphatic carbocycles. The highest BCUT2D eigenvalue weighted by atomic mass is 35.5. The summed E-state index contributed by atoms with van der Waals surface area (Å²) in [4.78, 5) is 12.2. The first-order valence-corrected chi connectivity index (χ1v) is 7.12. The number of amides is 1. The molecule has 104 valence electrons. The zero-order chi connectivity index (χ0) is 14.9. The number of hydrogen-bond acceptors (Lipinski definition) is 1. The van der Waals surface area contributed by atoms with Gasteiger partial charge in [0.2, 0.25) is 0 Å². The molecular weight excluding hydrogens is 340 g/mol. The molecule has 0 heterocycles. The summed E-state index contributed by atoms with van der Waals surface area (Å²) in [5.41, 5.74) is 1.61. The molecule has 0 spiro atoms. The average molecular weight is 349 g/mol. The minimum atomic E-state index is -0.442. The molecule has 2 aromatic rings. The molecule has 0 bridgehead atoms. The number of hydrogen-bond donors (Lipinski definition) is 1. The summed E-state index contributed by atoms with van der Waals surface area (Å²) >= 11 is 23.9. The van der Waals surface area contributed by atoms with Gasteiger partial charge in [0.25, 0.3) is 5.91 Å². The predicted molar refractivity (Wildman–Crippen MR) is 85.6 cm³/mol. The van der Waals surface area contributed by atoms with Gasteiger partial charge in [0, 0.05) is 10.7 Å². The topological polar surface area (TPSA) is 29.1 Å². The third-order valence-corrected chi connectivity index (χ3v) is 4.23. The average Bonchev–Trinajstić information content (AvgIpc) is 2.39. The van der Waals surface area contributed by atoms with Gasteiger partial charge in [0.1, 0.15) is 0 Å². The van der Waals surface area contributed by atoms with Gasteiger partial charge in [-0.2, -0.15) is 0 Å². The van der Waals surface area contributed by atoms with Crippen molar-refractivity contribution < 1.29 is 4.79 Å². The van der Waals surface area contributed by atoms with Gasteiger partial charge in [-0.05, 0) is 36.8 Å². The molecule has 0 atom stereocenters. The fraction of sp³-hybridized carbons (Fsp3) is 0.0714. The fourth-order valence-corrected chi connectivity index (χ4v) is 2.48. The van der Waals surface area contributed by atoms with E-state index in [0.717, 1.165) is 5.56 Å². The van der Waals surface area contributed by atoms with Crippen LogP contribution in [0.2, 0.25) is 20.1 Å². The summed E-state index contributed by atoms with van der Waals surface area (Å²) in [6, 6.07) is 8.25. The van der Waals surface area contributed by atoms with Gasteiger partial charge >= 0.3 is 0 Å². The van der Waals surface area contributed by atoms with E-state index in [1.807, 2.05) is 6.92 Å². The Hall–Kier alpha value is -0.930. The van der Waals surface area contributed by atoms with Crippen molar-refractivity contribution >= 4 is 58.0 Å². The van der Waals surface area contributed by atoms with Gasteiger partial charge < -0.3 is 5.32 Å². The van der Waals surface area contributed by atoms with Crippen LogP contribution >= 0.6 is 46.4 Å². The highest BCUT2D eigenvalue weighted by Crippen LogP contribution is 2.32. The Balaban J connectivity index is 2.33. The van der Waals surface area contributed by atoms with Gasteiger partial charge in [0.15, 0.2) is 0 Å². The largest absolute Gasteiger partial charge is 0.322 e. The SMILES string of the molecule is Cc1ccc(NC(=O)c2c(Cl)ccc(Cl)c2Cl)cc1Cl. The second kappa shape index (κ2) is 6.23. The molecule has 0 aliphatic rings. The van der Waals surface area contributed by atoms with E-state index in [4.69, 9.17) is 46.4 Å². The van der Waals surface area contributed by atoms with Crippen LogP contribution in [0.3, 0.4) is 0 Å². The Morgan fingerprint density at radius 2 is 1.60 bits per heavy atom. The number of aryl methyl sites for hydroxylation is 1. The van der Waals surface area contributed by atoms with Gasteiger partial charge in [-0.25, -0.2) is 0 Å². The molecule has 0 aliphatic heterocycles. The first-order valence-electron chi connectivity index (χ1n) is 5.61. The fourth-order valence-electron chi connectivity index (χ4n) is 1.60. The van der Waals surface area contributed by atoms with Crippen LogP contribution in [0.5, 0.6) is 0 Å². The van der Waals surface area contributed by atoms with Crippen molar-refractivity contribution in [1.29, 1.82) is 0 Å². The number of carbonyl (C=O) groups excluding carboxylic acids is 1. The van der Waals surface area contributed by atoms with Crippen LogP contribution in [-0.4, -0.2) is 5.91 Å². The van der Waals surface area contributed by atoms with E-state index in [1.165, 1.54) is 12.1 Å². The summed E-state index contributed by atoms with van der Waals surface area (Å²) in [7, 11) is 0. The predicted octanol–water partition coefficient (Wildman–Crippen LogP) is 5.86. The normalized spacial score (nSPS) is 10.4. The zero-order valence-corrected chi connectivity index (χ0v) is 13.3. The van der Waals surface area contributed by atoms with Gasteiger partial charge in [-0.3, -0.25) is 4.79 Å². The Bertz CT molecular complexity index is 685. The monoisotopic (exact) mass is 347 g/mol. The van der Waals surface area contributed by atoms with Crippen molar-refractivity contribution in [1.82, 2.24) is 0 Å². The van der Waals surface area contributed by atoms with E-state index < -0.39 is 5.91 Å². The maximum absolute atomic E-state index is 12.2. The lowest BCUT2D eigenvalue weighted by Gasteiger charge is -2.10. The Labute approximate surface area is 136 Å². The molecule has 0 radical (unpaired) electrons. The lowest BCUT2D eigenvalue weighted by Crippen LogP contribution is -2.13. The summed E-state index contributed by atoms with van der Waals surface area (Å²) in [6.07, 6.45) is 0. The standard InChI is InChI=1S/C14H9Cl4NO/c1-7-2-3-8(6-11(7)17)19-14(20)12-9(15)4-5-10(16)13(12)18/h2-6H,1H3,(H,19,20). The summed E-state index contributed by atoms with van der Waals surface area (Å²) in [5, 5.41) is 3.86. The molecule has 6 heteroatoms. The second-order valence-electron chi connectivity index (χ2n) is 4.14. The van der Waals surface area contributed by atoms with Crippen molar-refractivity contribution in [2.75, 3.05) is 5.32 Å². The van der Waals surface area contributed by atoms with Crippen LogP contribution < -0.4 is 5.32 Å². The van der Waals surface area contributed by atoms with E-state index in [0.29, 0.717) is 10.7 Å². The third kappa shape index (κ3) is 3.21. The molecule has 0 unspecified atom stereocenters. The molecular formula is C14H9Cl4NO. The molecule has 0 saturated carbocycles. The first-order chi connectivity index (χ1) is 9.40. The Morgan fingerprint density at radius 3 is 2.25 bits per heavy atom. The number of nitrogens with one attached hydrogen (secondary N) is 1. The van der Waals surface area contributed by atoms with Crippen molar-refractivity contribution in [2.24, 2.45) is 0 Å². The number of benzene rings is 2. The van der Waals surface area contributed by atoms with E-state index in [9.17, 15) is 4.79 Å². The van der Waals surface area contributed by atoms with Crippen LogP contribution in [-0.2, 0) is 0 Å². The molecule has 1 N–H and O–H groups in total. The lowest BCUT2D eigenvalue weighted by molar-refractivity contribution is 0.102. The maximum Gasteiger partial charge on any atom is 0.258 e. The van der Waals surface area contributed by atoms with Gasteiger partial charge in [-0.1, -0.05) is 52.5 Å². The smallest absolute Gasteiger partial charge is 0.258 e. The first kappa shape index (κ1) is 15.5. The van der Waals surface area contributed by atoms with E-state index >= 15 is 0 Å². The highest BCUT2D eigenvalue weighted by Gasteiger charge is 2.17. The minimum absolute atomic E-state index is 0.120. The summed E-state index contributed by atoms with van der Waals surface area (Å²) < 4.78 is 0. The molecule has 20 heavy (non-hydrogen) atoms. The van der Waals surface area contributed by atoms with Crippen LogP contribution in [0.4, 0.5) is 5.69 Å². The maximum atomic E-state index is 12.2. The number of anilines is 1. The second-order valence-corrected chi connectivity index (χ2v) is 5.74. The number of halogens is 4. The third-order valence-electron chi connectivity index (χ3n) is 2.70. The molecule has 0 saturated heterocycles. The summed E-state index contributed by atoms with van der Waals surface area (Å²) in [6.45, 7) is 1.87. The zero-order valence-electron chi connectivity index (χ0n) is 10.3. The van der Waals surface area contributed by atoms with Crippen molar-refractivity contribution in [3.63, 3.8) is 0 Å². The molecule has 2 nitrogen and oxygen atoms in total. The van der Waals surface area contributed by atoms with E-state index in [2.05, 4.69) is 5.32 Å². The molecule has 1 amide bonds. The molecule has 2 aromatic carbocycles. The van der Waals surface area contributed by atoms with Crippen LogP contribution in [0.15, 0.2) is 30.3 Å². The van der Waals surface area contributed by atoms with E-state index in [-0.39, 0.29) is 20.6 Å².